The molecular weight excluding hydrogens is 458 g/mol. The van der Waals surface area contributed by atoms with Gasteiger partial charge in [0.1, 0.15) is 18.3 Å². The van der Waals surface area contributed by atoms with Crippen molar-refractivity contribution in [2.24, 2.45) is 0 Å². The molecule has 0 saturated heterocycles. The van der Waals surface area contributed by atoms with E-state index in [9.17, 15) is 34.4 Å². The maximum atomic E-state index is 12.2. The Morgan fingerprint density at radius 3 is 2.41 bits per heavy atom. The summed E-state index contributed by atoms with van der Waals surface area (Å²) in [5.74, 6) is -0.152. The second-order valence-corrected chi connectivity index (χ2v) is 8.28. The topological polar surface area (TPSA) is 211 Å². The zero-order valence-corrected chi connectivity index (χ0v) is 20.3. The summed E-state index contributed by atoms with van der Waals surface area (Å²) < 4.78 is 16.0. The number of hydrogen-bond acceptors (Lipinski definition) is 10. The number of aryl methyl sites for hydroxylation is 2. The SMILES string of the molecule is Cc1cc2nc3c(=O)[nH]c(=O)nc-3n(CC(O)C(O)C(O)COP(=O)([O-])O)c2cc1C.[Na+]. The first-order chi connectivity index (χ1) is 14.4. The van der Waals surface area contributed by atoms with Crippen LogP contribution in [0.3, 0.4) is 0 Å². The molecule has 0 aromatic heterocycles. The van der Waals surface area contributed by atoms with Crippen molar-refractivity contribution in [1.29, 1.82) is 0 Å². The van der Waals surface area contributed by atoms with Gasteiger partial charge in [-0.25, -0.2) is 9.78 Å². The zero-order valence-electron chi connectivity index (χ0n) is 17.4. The molecule has 1 aromatic carbocycles. The van der Waals surface area contributed by atoms with E-state index in [1.54, 1.807) is 12.1 Å². The first kappa shape index (κ1) is 26.7. The fourth-order valence-corrected chi connectivity index (χ4v) is 3.40. The second-order valence-electron chi connectivity index (χ2n) is 7.08. The fourth-order valence-electron chi connectivity index (χ4n) is 3.06. The number of nitrogens with one attached hydrogen (secondary N) is 1. The molecule has 0 aliphatic carbocycles. The number of nitrogens with zero attached hydrogens (tertiary/aromatic N) is 3. The molecule has 32 heavy (non-hydrogen) atoms. The van der Waals surface area contributed by atoms with Crippen molar-refractivity contribution >= 4 is 18.9 Å². The van der Waals surface area contributed by atoms with E-state index in [0.29, 0.717) is 11.0 Å². The van der Waals surface area contributed by atoms with Crippen molar-refractivity contribution < 1.29 is 63.8 Å². The van der Waals surface area contributed by atoms with Crippen molar-refractivity contribution in [2.45, 2.75) is 38.7 Å². The number of aromatic amines is 1. The number of aromatic nitrogens is 4. The fraction of sp³-hybridized carbons (Fsp3) is 0.412. The van der Waals surface area contributed by atoms with Crippen LogP contribution in [0.2, 0.25) is 0 Å². The zero-order chi connectivity index (χ0) is 23.1. The second kappa shape index (κ2) is 10.2. The molecule has 0 spiro atoms. The number of phosphoric acid groups is 1. The molecule has 2 aliphatic heterocycles. The molecule has 3 rings (SSSR count). The van der Waals surface area contributed by atoms with Gasteiger partial charge in [0.15, 0.2) is 11.5 Å². The molecule has 0 radical (unpaired) electrons. The number of aliphatic hydroxyl groups is 3. The van der Waals surface area contributed by atoms with Crippen LogP contribution in [0.1, 0.15) is 11.1 Å². The largest absolute Gasteiger partial charge is 1.00 e. The molecule has 15 heteroatoms. The molecule has 2 heterocycles. The minimum absolute atomic E-state index is 0. The third-order valence-corrected chi connectivity index (χ3v) is 5.27. The van der Waals surface area contributed by atoms with Crippen molar-refractivity contribution in [3.63, 3.8) is 0 Å². The van der Waals surface area contributed by atoms with Crippen LogP contribution < -0.4 is 45.7 Å². The maximum absolute atomic E-state index is 12.2. The van der Waals surface area contributed by atoms with Crippen molar-refractivity contribution in [1.82, 2.24) is 19.5 Å². The molecule has 5 N–H and O–H groups in total. The van der Waals surface area contributed by atoms with Crippen molar-refractivity contribution in [3.8, 4) is 11.5 Å². The molecule has 1 aromatic rings. The summed E-state index contributed by atoms with van der Waals surface area (Å²) in [5.41, 5.74) is 0.565. The smallest absolute Gasteiger partial charge is 0.756 e. The van der Waals surface area contributed by atoms with Gasteiger partial charge in [-0.05, 0) is 37.1 Å². The van der Waals surface area contributed by atoms with E-state index in [2.05, 4.69) is 14.5 Å². The Hall–Kier alpha value is -1.51. The average molecular weight is 478 g/mol. The average Bonchev–Trinajstić information content (AvgIpc) is 2.67. The molecule has 0 fully saturated rings. The summed E-state index contributed by atoms with van der Waals surface area (Å²) in [6.07, 6.45) is -5.49. The van der Waals surface area contributed by atoms with Gasteiger partial charge in [-0.1, -0.05) is 0 Å². The van der Waals surface area contributed by atoms with Gasteiger partial charge < -0.3 is 34.2 Å². The predicted octanol–water partition coefficient (Wildman–Crippen LogP) is -5.23. The van der Waals surface area contributed by atoms with Crippen LogP contribution in [0.15, 0.2) is 21.7 Å². The van der Waals surface area contributed by atoms with Gasteiger partial charge >= 0.3 is 35.2 Å². The van der Waals surface area contributed by atoms with Crippen LogP contribution in [-0.2, 0) is 15.6 Å². The third-order valence-electron chi connectivity index (χ3n) is 4.79. The Morgan fingerprint density at radius 2 is 1.78 bits per heavy atom. The van der Waals surface area contributed by atoms with Crippen LogP contribution >= 0.6 is 7.82 Å². The van der Waals surface area contributed by atoms with E-state index in [0.717, 1.165) is 11.1 Å². The molecule has 4 unspecified atom stereocenters. The minimum Gasteiger partial charge on any atom is -0.756 e. The van der Waals surface area contributed by atoms with Crippen LogP contribution in [0.4, 0.5) is 0 Å². The number of aliphatic hydroxyl groups excluding tert-OH is 3. The van der Waals surface area contributed by atoms with Gasteiger partial charge in [0.2, 0.25) is 0 Å². The minimum atomic E-state index is -5.14. The van der Waals surface area contributed by atoms with Crippen LogP contribution in [0.25, 0.3) is 22.6 Å². The summed E-state index contributed by atoms with van der Waals surface area (Å²) >= 11 is 0. The van der Waals surface area contributed by atoms with Gasteiger partial charge in [-0.15, -0.1) is 0 Å². The van der Waals surface area contributed by atoms with Crippen molar-refractivity contribution in [3.05, 3.63) is 44.1 Å². The van der Waals surface area contributed by atoms with E-state index >= 15 is 0 Å². The monoisotopic (exact) mass is 478 g/mol. The van der Waals surface area contributed by atoms with E-state index in [-0.39, 0.29) is 41.1 Å². The summed E-state index contributed by atoms with van der Waals surface area (Å²) in [7, 11) is -5.14. The molecule has 0 saturated carbocycles. The quantitative estimate of drug-likeness (QED) is 0.123. The van der Waals surface area contributed by atoms with Gasteiger partial charge in [-0.3, -0.25) is 14.3 Å². The van der Waals surface area contributed by atoms with Gasteiger partial charge in [0.05, 0.1) is 24.2 Å². The van der Waals surface area contributed by atoms with Gasteiger partial charge in [0.25, 0.3) is 13.4 Å². The van der Waals surface area contributed by atoms with E-state index in [4.69, 9.17) is 4.89 Å². The van der Waals surface area contributed by atoms with Crippen LogP contribution in [-0.4, -0.2) is 64.7 Å². The number of phosphoric ester groups is 1. The Kier molecular flexibility index (Phi) is 8.51. The van der Waals surface area contributed by atoms with Crippen LogP contribution in [0.5, 0.6) is 0 Å². The van der Waals surface area contributed by atoms with E-state index in [1.807, 2.05) is 18.8 Å². The summed E-state index contributed by atoms with van der Waals surface area (Å²) in [5, 5.41) is 30.5. The molecule has 168 valence electrons. The summed E-state index contributed by atoms with van der Waals surface area (Å²) in [6, 6.07) is 3.40. The van der Waals surface area contributed by atoms with Crippen molar-refractivity contribution in [2.75, 3.05) is 6.61 Å². The standard InChI is InChI=1S/C17H21N4O9P.Na/c1-7-3-9-10(4-8(7)2)21(15-13(18-9)16(25)20-17(26)19-15)5-11(22)14(24)12(23)6-30-31(27,28)29;/h3-4,11-12,14,22-24H,5-6H2,1-2H3,(H,20,25,26)(H2,27,28,29);/q;+1/p-1. The summed E-state index contributed by atoms with van der Waals surface area (Å²) in [6.45, 7) is 2.20. The number of benzene rings is 1. The van der Waals surface area contributed by atoms with E-state index in [1.165, 1.54) is 4.57 Å². The third kappa shape index (κ3) is 5.88. The Labute approximate surface area is 202 Å². The summed E-state index contributed by atoms with van der Waals surface area (Å²) in [4.78, 5) is 53.3. The molecule has 2 aliphatic rings. The molecule has 0 amide bonds. The Bertz CT molecular complexity index is 1260. The van der Waals surface area contributed by atoms with Crippen LogP contribution in [0, 0.1) is 13.8 Å². The predicted molar refractivity (Wildman–Crippen MR) is 104 cm³/mol. The molecule has 0 bridgehead atoms. The number of fused-ring (bicyclic) bond motifs is 2. The van der Waals surface area contributed by atoms with Gasteiger partial charge in [0, 0.05) is 0 Å². The maximum Gasteiger partial charge on any atom is 1.00 e. The molecular formula is C17H20N4NaO9P. The Balaban J connectivity index is 0.00000363. The molecule has 13 nitrogen and oxygen atoms in total. The normalized spacial score (nSPS) is 16.3. The Morgan fingerprint density at radius 1 is 1.16 bits per heavy atom. The first-order valence-corrected chi connectivity index (χ1v) is 10.5. The first-order valence-electron chi connectivity index (χ1n) is 9.01. The number of H-pyrrole nitrogens is 1. The van der Waals surface area contributed by atoms with E-state index < -0.39 is 50.5 Å². The number of rotatable bonds is 7. The number of hydrogen-bond donors (Lipinski definition) is 5. The van der Waals surface area contributed by atoms with Gasteiger partial charge in [-0.2, -0.15) is 4.98 Å². The molecule has 4 atom stereocenters.